The van der Waals surface area contributed by atoms with Gasteiger partial charge in [0.15, 0.2) is 0 Å². The molecule has 0 N–H and O–H groups in total. The highest BCUT2D eigenvalue weighted by Crippen LogP contribution is 2.53. The molecule has 0 spiro atoms. The maximum atomic E-state index is 11.5. The summed E-state index contributed by atoms with van der Waals surface area (Å²) in [5.41, 5.74) is 14.2. The summed E-state index contributed by atoms with van der Waals surface area (Å²) < 4.78 is 0. The first-order valence-electron chi connectivity index (χ1n) is 13.6. The largest absolute Gasteiger partial charge is 0.310 e. The second-order valence-electron chi connectivity index (χ2n) is 11.9. The maximum absolute atomic E-state index is 11.5. The lowest BCUT2D eigenvalue weighted by Gasteiger charge is -2.42. The van der Waals surface area contributed by atoms with Crippen molar-refractivity contribution in [2.24, 2.45) is 0 Å². The number of rotatable bonds is 3. The molecule has 190 valence electrons. The molecule has 5 aromatic carbocycles. The Balaban J connectivity index is 1.38. The molecule has 39 heavy (non-hydrogen) atoms. The van der Waals surface area contributed by atoms with Crippen LogP contribution < -0.4 is 4.90 Å². The molecule has 2 nitrogen and oxygen atoms in total. The smallest absolute Gasteiger partial charge is 0.150 e. The molecule has 2 heteroatoms. The Hall–Kier alpha value is -4.43. The maximum Gasteiger partial charge on any atom is 0.150 e. The number of nitrogens with zero attached hydrogens (tertiary/aromatic N) is 1. The average molecular weight is 506 g/mol. The lowest BCUT2D eigenvalue weighted by atomic mass is 9.72. The highest BCUT2D eigenvalue weighted by molar-refractivity contribution is 5.89. The molecule has 0 bridgehead atoms. The van der Waals surface area contributed by atoms with Crippen LogP contribution in [0.1, 0.15) is 60.3 Å². The van der Waals surface area contributed by atoms with Crippen LogP contribution >= 0.6 is 0 Å². The van der Waals surface area contributed by atoms with Gasteiger partial charge in [-0.1, -0.05) is 94.4 Å². The van der Waals surface area contributed by atoms with Crippen molar-refractivity contribution in [1.82, 2.24) is 0 Å². The number of hydrogen-bond acceptors (Lipinski definition) is 2. The van der Waals surface area contributed by atoms with Gasteiger partial charge in [0.25, 0.3) is 0 Å². The summed E-state index contributed by atoms with van der Waals surface area (Å²) in [5, 5.41) is 0. The zero-order valence-corrected chi connectivity index (χ0v) is 22.8. The highest BCUT2D eigenvalue weighted by atomic mass is 16.1. The summed E-state index contributed by atoms with van der Waals surface area (Å²) in [6, 6.07) is 39.3. The van der Waals surface area contributed by atoms with Crippen molar-refractivity contribution < 1.29 is 4.79 Å². The van der Waals surface area contributed by atoms with Crippen LogP contribution in [0.2, 0.25) is 0 Å². The van der Waals surface area contributed by atoms with Crippen LogP contribution in [0.25, 0.3) is 22.3 Å². The quantitative estimate of drug-likeness (QED) is 0.228. The van der Waals surface area contributed by atoms with Crippen molar-refractivity contribution in [2.75, 3.05) is 4.90 Å². The Morgan fingerprint density at radius 3 is 1.85 bits per heavy atom. The molecule has 1 aliphatic heterocycles. The van der Waals surface area contributed by atoms with Crippen molar-refractivity contribution in [3.63, 3.8) is 0 Å². The van der Waals surface area contributed by atoms with Gasteiger partial charge in [-0.2, -0.15) is 0 Å². The van der Waals surface area contributed by atoms with Gasteiger partial charge in [-0.3, -0.25) is 4.79 Å². The van der Waals surface area contributed by atoms with E-state index >= 15 is 0 Å². The minimum Gasteiger partial charge on any atom is -0.310 e. The summed E-state index contributed by atoms with van der Waals surface area (Å²) in [4.78, 5) is 13.9. The van der Waals surface area contributed by atoms with Gasteiger partial charge in [0.2, 0.25) is 0 Å². The summed E-state index contributed by atoms with van der Waals surface area (Å²) >= 11 is 0. The van der Waals surface area contributed by atoms with Crippen LogP contribution in [0.4, 0.5) is 17.1 Å². The van der Waals surface area contributed by atoms with Gasteiger partial charge in [-0.25, -0.2) is 0 Å². The average Bonchev–Trinajstić information content (AvgIpc) is 3.19. The lowest BCUT2D eigenvalue weighted by molar-refractivity contribution is 0.112. The van der Waals surface area contributed by atoms with Crippen LogP contribution in [0.3, 0.4) is 0 Å². The van der Waals surface area contributed by atoms with E-state index in [0.29, 0.717) is 0 Å². The third-order valence-corrected chi connectivity index (χ3v) is 8.91. The summed E-state index contributed by atoms with van der Waals surface area (Å²) in [7, 11) is 0. The third-order valence-electron chi connectivity index (χ3n) is 8.91. The predicted octanol–water partition coefficient (Wildman–Crippen LogP) is 9.58. The number of carbonyl (C=O) groups excluding carboxylic acids is 1. The van der Waals surface area contributed by atoms with Gasteiger partial charge in [-0.05, 0) is 87.0 Å². The monoisotopic (exact) mass is 505 g/mol. The molecular formula is C37H31NO. The lowest BCUT2D eigenvalue weighted by Crippen LogP contribution is -2.30. The van der Waals surface area contributed by atoms with Crippen LogP contribution in [0.5, 0.6) is 0 Å². The Morgan fingerprint density at radius 1 is 0.538 bits per heavy atom. The third kappa shape index (κ3) is 3.37. The van der Waals surface area contributed by atoms with Crippen molar-refractivity contribution in [3.8, 4) is 22.3 Å². The first-order chi connectivity index (χ1) is 18.8. The molecule has 0 radical (unpaired) electrons. The van der Waals surface area contributed by atoms with E-state index in [1.807, 2.05) is 6.07 Å². The zero-order chi connectivity index (χ0) is 26.9. The van der Waals surface area contributed by atoms with Crippen molar-refractivity contribution in [2.45, 2.75) is 38.5 Å². The fourth-order valence-corrected chi connectivity index (χ4v) is 6.75. The SMILES string of the molecule is CC1(C)c2cc(C=O)ccc2-c2ccc(-c3ccc4c(c3)C(C)(C)c3ccccc3N4c3ccccc3)cc21. The van der Waals surface area contributed by atoms with Crippen LogP contribution in [0, 0.1) is 0 Å². The Labute approximate surface area is 230 Å². The Bertz CT molecular complexity index is 1780. The first-order valence-corrected chi connectivity index (χ1v) is 13.6. The van der Waals surface area contributed by atoms with E-state index < -0.39 is 0 Å². The predicted molar refractivity (Wildman–Crippen MR) is 162 cm³/mol. The molecule has 7 rings (SSSR count). The van der Waals surface area contributed by atoms with Gasteiger partial charge < -0.3 is 4.90 Å². The molecule has 1 heterocycles. The molecule has 0 saturated carbocycles. The summed E-state index contributed by atoms with van der Waals surface area (Å²) in [6.45, 7) is 9.20. The van der Waals surface area contributed by atoms with Crippen molar-refractivity contribution in [3.05, 3.63) is 137 Å². The van der Waals surface area contributed by atoms with Crippen molar-refractivity contribution in [1.29, 1.82) is 0 Å². The molecule has 0 atom stereocenters. The van der Waals surface area contributed by atoms with Crippen LogP contribution in [-0.4, -0.2) is 6.29 Å². The number of fused-ring (bicyclic) bond motifs is 5. The minimum atomic E-state index is -0.170. The second-order valence-corrected chi connectivity index (χ2v) is 11.9. The molecule has 0 amide bonds. The molecule has 5 aromatic rings. The first kappa shape index (κ1) is 23.7. The number of anilines is 3. The van der Waals surface area contributed by atoms with Gasteiger partial charge in [0.1, 0.15) is 6.29 Å². The zero-order valence-electron chi connectivity index (χ0n) is 22.8. The fourth-order valence-electron chi connectivity index (χ4n) is 6.75. The topological polar surface area (TPSA) is 20.3 Å². The molecular weight excluding hydrogens is 474 g/mol. The van der Waals surface area contributed by atoms with E-state index in [9.17, 15) is 4.79 Å². The van der Waals surface area contributed by atoms with Gasteiger partial charge in [-0.15, -0.1) is 0 Å². The van der Waals surface area contributed by atoms with Crippen molar-refractivity contribution >= 4 is 23.3 Å². The van der Waals surface area contributed by atoms with Gasteiger partial charge in [0.05, 0.1) is 11.4 Å². The standard InChI is InChI=1S/C37H31NO/c1-36(2)30-12-8-9-13-34(30)38(27-10-6-5-7-11-27)35-19-16-26(22-33(35)36)25-15-18-29-28-17-14-24(23-39)20-31(28)37(3,4)32(29)21-25/h5-23H,1-4H3. The summed E-state index contributed by atoms with van der Waals surface area (Å²) in [5.74, 6) is 0. The molecule has 0 aromatic heterocycles. The van der Waals surface area contributed by atoms with Crippen LogP contribution in [0.15, 0.2) is 109 Å². The van der Waals surface area contributed by atoms with Gasteiger partial charge >= 0.3 is 0 Å². The Kier molecular flexibility index (Phi) is 5.03. The number of para-hydroxylation sites is 2. The van der Waals surface area contributed by atoms with Gasteiger partial charge in [0, 0.05) is 22.1 Å². The number of benzene rings is 5. The molecule has 1 aliphatic carbocycles. The second kappa shape index (κ2) is 8.28. The Morgan fingerprint density at radius 2 is 1.10 bits per heavy atom. The number of carbonyl (C=O) groups is 1. The molecule has 0 fully saturated rings. The minimum absolute atomic E-state index is 0.148. The van der Waals surface area contributed by atoms with E-state index in [2.05, 4.69) is 136 Å². The fraction of sp³-hybridized carbons (Fsp3) is 0.162. The molecule has 0 saturated heterocycles. The number of hydrogen-bond donors (Lipinski definition) is 0. The van der Waals surface area contributed by atoms with E-state index in [1.165, 1.54) is 61.6 Å². The van der Waals surface area contributed by atoms with Crippen LogP contribution in [-0.2, 0) is 10.8 Å². The normalized spacial score (nSPS) is 15.6. The van der Waals surface area contributed by atoms with E-state index in [1.54, 1.807) is 0 Å². The van der Waals surface area contributed by atoms with E-state index in [4.69, 9.17) is 0 Å². The molecule has 0 unspecified atom stereocenters. The summed E-state index contributed by atoms with van der Waals surface area (Å²) in [6.07, 6.45) is 0.941. The van der Waals surface area contributed by atoms with E-state index in [-0.39, 0.29) is 10.8 Å². The molecule has 2 aliphatic rings. The number of aldehydes is 1. The highest BCUT2D eigenvalue weighted by Gasteiger charge is 2.38. The van der Waals surface area contributed by atoms with E-state index in [0.717, 1.165) is 11.8 Å².